The lowest BCUT2D eigenvalue weighted by atomic mass is 10.2. The quantitative estimate of drug-likeness (QED) is 0.560. The summed E-state index contributed by atoms with van der Waals surface area (Å²) in [6.07, 6.45) is 1.66. The molecule has 19 heavy (non-hydrogen) atoms. The molecule has 1 aliphatic heterocycles. The highest BCUT2D eigenvalue weighted by molar-refractivity contribution is 5.82. The van der Waals surface area contributed by atoms with Gasteiger partial charge in [0.15, 0.2) is 6.54 Å². The smallest absolute Gasteiger partial charge is 0.295 e. The average molecular weight is 262 g/mol. The summed E-state index contributed by atoms with van der Waals surface area (Å²) in [6, 6.07) is 7.97. The predicted octanol–water partition coefficient (Wildman–Crippen LogP) is -0.640. The summed E-state index contributed by atoms with van der Waals surface area (Å²) in [5.74, 6) is -0.0553. The number of rotatable bonds is 4. The molecule has 0 aromatic heterocycles. The third-order valence-corrected chi connectivity index (χ3v) is 3.09. The highest BCUT2D eigenvalue weighted by atomic mass is 16.5. The Kier molecular flexibility index (Phi) is 5.06. The minimum Gasteiger partial charge on any atom is -0.370 e. The van der Waals surface area contributed by atoms with E-state index in [2.05, 4.69) is 10.5 Å². The van der Waals surface area contributed by atoms with Crippen molar-refractivity contribution in [3.63, 3.8) is 0 Å². The van der Waals surface area contributed by atoms with Crippen molar-refractivity contribution in [2.45, 2.75) is 6.92 Å². The first-order chi connectivity index (χ1) is 9.24. The van der Waals surface area contributed by atoms with Crippen LogP contribution in [0.3, 0.4) is 0 Å². The average Bonchev–Trinajstić information content (AvgIpc) is 2.42. The first-order valence-electron chi connectivity index (χ1n) is 6.54. The molecule has 1 aliphatic rings. The molecule has 0 aliphatic carbocycles. The van der Waals surface area contributed by atoms with E-state index in [0.29, 0.717) is 6.54 Å². The van der Waals surface area contributed by atoms with Gasteiger partial charge < -0.3 is 9.64 Å². The van der Waals surface area contributed by atoms with E-state index in [1.807, 2.05) is 31.2 Å². The zero-order valence-corrected chi connectivity index (χ0v) is 11.2. The van der Waals surface area contributed by atoms with E-state index in [1.54, 1.807) is 6.21 Å². The molecule has 102 valence electrons. The fraction of sp³-hybridized carbons (Fsp3) is 0.429. The lowest BCUT2D eigenvalue weighted by Crippen LogP contribution is -3.15. The Bertz CT molecular complexity index is 437. The van der Waals surface area contributed by atoms with Crippen LogP contribution in [-0.2, 0) is 9.53 Å². The van der Waals surface area contributed by atoms with Gasteiger partial charge in [0.25, 0.3) is 5.91 Å². The van der Waals surface area contributed by atoms with E-state index in [0.717, 1.165) is 31.9 Å². The van der Waals surface area contributed by atoms with Gasteiger partial charge in [-0.15, -0.1) is 0 Å². The van der Waals surface area contributed by atoms with Gasteiger partial charge in [-0.2, -0.15) is 5.10 Å². The second-order valence-electron chi connectivity index (χ2n) is 4.74. The molecule has 1 aromatic carbocycles. The summed E-state index contributed by atoms with van der Waals surface area (Å²) in [7, 11) is 0. The van der Waals surface area contributed by atoms with Crippen LogP contribution in [0.25, 0.3) is 0 Å². The van der Waals surface area contributed by atoms with E-state index in [4.69, 9.17) is 4.74 Å². The zero-order chi connectivity index (χ0) is 13.5. The van der Waals surface area contributed by atoms with Crippen LogP contribution in [0.1, 0.15) is 11.1 Å². The molecule has 0 saturated carbocycles. The molecule has 5 heteroatoms. The van der Waals surface area contributed by atoms with Crippen molar-refractivity contribution in [2.75, 3.05) is 32.8 Å². The number of carbonyl (C=O) groups is 1. The number of carbonyl (C=O) groups excluding carboxylic acids is 1. The van der Waals surface area contributed by atoms with Gasteiger partial charge in [0.1, 0.15) is 13.1 Å². The molecule has 2 rings (SSSR count). The molecule has 0 atom stereocenters. The van der Waals surface area contributed by atoms with Gasteiger partial charge in [0.2, 0.25) is 0 Å². The number of quaternary nitrogens is 1. The molecule has 0 unspecified atom stereocenters. The number of hydrogen-bond acceptors (Lipinski definition) is 3. The van der Waals surface area contributed by atoms with Gasteiger partial charge >= 0.3 is 0 Å². The van der Waals surface area contributed by atoms with Gasteiger partial charge in [-0.3, -0.25) is 4.79 Å². The van der Waals surface area contributed by atoms with Crippen molar-refractivity contribution in [1.29, 1.82) is 0 Å². The minimum absolute atomic E-state index is 0.0553. The molecular weight excluding hydrogens is 242 g/mol. The number of benzene rings is 1. The Hall–Kier alpha value is -1.72. The van der Waals surface area contributed by atoms with E-state index >= 15 is 0 Å². The Morgan fingerprint density at radius 3 is 2.74 bits per heavy atom. The second-order valence-corrected chi connectivity index (χ2v) is 4.74. The number of morpholine rings is 1. The van der Waals surface area contributed by atoms with E-state index in [1.165, 1.54) is 10.5 Å². The number of ether oxygens (including phenoxy) is 1. The normalized spacial score (nSPS) is 16.7. The summed E-state index contributed by atoms with van der Waals surface area (Å²) in [5, 5.41) is 3.97. The maximum Gasteiger partial charge on any atom is 0.295 e. The van der Waals surface area contributed by atoms with Crippen molar-refractivity contribution in [3.05, 3.63) is 35.4 Å². The standard InChI is InChI=1S/C14H19N3O2/c1-12-2-4-13(5-3-12)10-15-16-14(18)11-17-6-8-19-9-7-17/h2-5,10H,6-9,11H2,1H3,(H,16,18)/p+1. The Balaban J connectivity index is 1.74. The summed E-state index contributed by atoms with van der Waals surface area (Å²) in [5.41, 5.74) is 4.74. The molecule has 1 fully saturated rings. The third-order valence-electron chi connectivity index (χ3n) is 3.09. The summed E-state index contributed by atoms with van der Waals surface area (Å²) in [4.78, 5) is 12.9. The molecule has 1 saturated heterocycles. The van der Waals surface area contributed by atoms with E-state index in [-0.39, 0.29) is 5.91 Å². The van der Waals surface area contributed by atoms with Gasteiger partial charge in [-0.25, -0.2) is 5.43 Å². The van der Waals surface area contributed by atoms with Crippen molar-refractivity contribution < 1.29 is 14.4 Å². The number of aryl methyl sites for hydroxylation is 1. The van der Waals surface area contributed by atoms with E-state index in [9.17, 15) is 4.79 Å². The molecule has 2 N–H and O–H groups in total. The van der Waals surface area contributed by atoms with Gasteiger partial charge in [-0.1, -0.05) is 29.8 Å². The number of nitrogens with zero attached hydrogens (tertiary/aromatic N) is 1. The van der Waals surface area contributed by atoms with Crippen molar-refractivity contribution in [3.8, 4) is 0 Å². The molecule has 0 spiro atoms. The predicted molar refractivity (Wildman–Crippen MR) is 73.3 cm³/mol. The number of nitrogens with one attached hydrogen (secondary N) is 2. The summed E-state index contributed by atoms with van der Waals surface area (Å²) < 4.78 is 5.25. The highest BCUT2D eigenvalue weighted by Crippen LogP contribution is 1.99. The number of amides is 1. The van der Waals surface area contributed by atoms with Crippen LogP contribution in [0.5, 0.6) is 0 Å². The third kappa shape index (κ3) is 4.81. The van der Waals surface area contributed by atoms with Crippen molar-refractivity contribution in [1.82, 2.24) is 5.43 Å². The van der Waals surface area contributed by atoms with Crippen LogP contribution in [0.2, 0.25) is 0 Å². The van der Waals surface area contributed by atoms with E-state index < -0.39 is 0 Å². The fourth-order valence-electron chi connectivity index (χ4n) is 1.93. The van der Waals surface area contributed by atoms with Gasteiger partial charge in [0.05, 0.1) is 19.4 Å². The van der Waals surface area contributed by atoms with Gasteiger partial charge in [-0.05, 0) is 12.5 Å². The zero-order valence-electron chi connectivity index (χ0n) is 11.2. The summed E-state index contributed by atoms with van der Waals surface area (Å²) in [6.45, 7) is 5.72. The number of hydrazone groups is 1. The van der Waals surface area contributed by atoms with Crippen LogP contribution in [0, 0.1) is 6.92 Å². The lowest BCUT2D eigenvalue weighted by Gasteiger charge is -2.22. The topological polar surface area (TPSA) is 55.1 Å². The second kappa shape index (κ2) is 7.01. The molecule has 1 aromatic rings. The summed E-state index contributed by atoms with van der Waals surface area (Å²) >= 11 is 0. The molecule has 1 amide bonds. The van der Waals surface area contributed by atoms with Crippen LogP contribution in [0.4, 0.5) is 0 Å². The first-order valence-corrected chi connectivity index (χ1v) is 6.54. The van der Waals surface area contributed by atoms with Crippen LogP contribution in [0.15, 0.2) is 29.4 Å². The van der Waals surface area contributed by atoms with Crippen molar-refractivity contribution in [2.24, 2.45) is 5.10 Å². The lowest BCUT2D eigenvalue weighted by molar-refractivity contribution is -0.900. The molecular formula is C14H20N3O2+. The SMILES string of the molecule is Cc1ccc(C=NNC(=O)C[NH+]2CCOCC2)cc1. The highest BCUT2D eigenvalue weighted by Gasteiger charge is 2.16. The van der Waals surface area contributed by atoms with Gasteiger partial charge in [0, 0.05) is 0 Å². The largest absolute Gasteiger partial charge is 0.370 e. The Morgan fingerprint density at radius 1 is 1.37 bits per heavy atom. The molecule has 5 nitrogen and oxygen atoms in total. The minimum atomic E-state index is -0.0553. The fourth-order valence-corrected chi connectivity index (χ4v) is 1.93. The molecule has 1 heterocycles. The Labute approximate surface area is 113 Å². The van der Waals surface area contributed by atoms with Crippen LogP contribution in [-0.4, -0.2) is 45.0 Å². The maximum absolute atomic E-state index is 11.7. The first kappa shape index (κ1) is 13.7. The maximum atomic E-state index is 11.7. The molecule has 0 radical (unpaired) electrons. The monoisotopic (exact) mass is 262 g/mol. The Morgan fingerprint density at radius 2 is 2.05 bits per heavy atom. The van der Waals surface area contributed by atoms with Crippen molar-refractivity contribution >= 4 is 12.1 Å². The van der Waals surface area contributed by atoms with Crippen LogP contribution < -0.4 is 10.3 Å². The molecule has 0 bridgehead atoms. The van der Waals surface area contributed by atoms with Crippen LogP contribution >= 0.6 is 0 Å². The number of hydrogen-bond donors (Lipinski definition) is 2.